The summed E-state index contributed by atoms with van der Waals surface area (Å²) in [5, 5.41) is 7.81. The Morgan fingerprint density at radius 3 is 2.14 bits per heavy atom. The van der Waals surface area contributed by atoms with Gasteiger partial charge in [0, 0.05) is 14.8 Å². The predicted molar refractivity (Wildman–Crippen MR) is 19.4 cm³/mol. The fraction of sp³-hybridized carbons (Fsp3) is 0. The zero-order chi connectivity index (χ0) is 4.99. The fourth-order valence-corrected chi connectivity index (χ4v) is 0.0285. The summed E-state index contributed by atoms with van der Waals surface area (Å²) in [5.41, 5.74) is 0. The molecule has 6 nitrogen and oxygen atoms in total. The molecule has 7 heteroatoms. The molecule has 0 radical (unpaired) electrons. The van der Waals surface area contributed by atoms with Gasteiger partial charge in [0.2, 0.25) is 0 Å². The maximum atomic E-state index is 9.00. The minimum atomic E-state index is -1.05. The third kappa shape index (κ3) is 10.7. The quantitative estimate of drug-likeness (QED) is 0.289. The molecule has 0 aromatic rings. The molecule has 36 valence electrons. The Labute approximate surface area is 60.2 Å². The van der Waals surface area contributed by atoms with Crippen molar-refractivity contribution in [1.82, 2.24) is 0 Å². The van der Waals surface area contributed by atoms with Crippen molar-refractivity contribution in [3.8, 4) is 0 Å². The standard InChI is InChI=1S/HN2O4.Na.H/c3-1-6-2(4)5;;/h(H,4,5);;/q+1;;. The van der Waals surface area contributed by atoms with Crippen molar-refractivity contribution < 1.29 is 15.2 Å². The number of hydrogen-bond acceptors (Lipinski definition) is 4. The van der Waals surface area contributed by atoms with Crippen molar-refractivity contribution in [3.63, 3.8) is 0 Å². The molecule has 0 saturated carbocycles. The molecule has 7 heavy (non-hydrogen) atoms. The summed E-state index contributed by atoms with van der Waals surface area (Å²) in [4.78, 5) is 20.7. The van der Waals surface area contributed by atoms with Gasteiger partial charge in [-0.1, -0.05) is 0 Å². The van der Waals surface area contributed by atoms with Gasteiger partial charge in [-0.15, -0.1) is 0 Å². The van der Waals surface area contributed by atoms with Gasteiger partial charge in [-0.2, -0.15) is 0 Å². The minimum absolute atomic E-state index is 0. The third-order valence-electron chi connectivity index (χ3n) is 0.103. The Kier molecular flexibility index (Phi) is 8.23. The Bertz CT molecular complexity index is 70.1. The molecule has 0 aliphatic carbocycles. The number of rotatable bonds is 2. The first kappa shape index (κ1) is 9.93. The zero-order valence-electron chi connectivity index (χ0n) is 2.57. The first-order valence-corrected chi connectivity index (χ1v) is 0.930. The molecular weight excluding hydrogens is 115 g/mol. The van der Waals surface area contributed by atoms with Crippen molar-refractivity contribution in [1.29, 1.82) is 0 Å². The second-order valence-corrected chi connectivity index (χ2v) is 0.394. The van der Waals surface area contributed by atoms with Gasteiger partial charge >= 0.3 is 40.0 Å². The summed E-state index contributed by atoms with van der Waals surface area (Å²) < 4.78 is 0. The Morgan fingerprint density at radius 1 is 1.71 bits per heavy atom. The van der Waals surface area contributed by atoms with Crippen LogP contribution in [0, 0.1) is 9.81 Å². The summed E-state index contributed by atoms with van der Waals surface area (Å²) in [6.45, 7) is 0. The Hall–Kier alpha value is -0.200. The van der Waals surface area contributed by atoms with E-state index in [4.69, 9.17) is 15.0 Å². The SMILES string of the molecule is O=NO[N+](=O)O.[NaH]. The Balaban J connectivity index is 0. The van der Waals surface area contributed by atoms with E-state index in [0.29, 0.717) is 0 Å². The number of hydrogen-bond donors (Lipinski definition) is 1. The fourth-order valence-electron chi connectivity index (χ4n) is 0.0285. The molecule has 0 atom stereocenters. The average molecular weight is 117 g/mol. The van der Waals surface area contributed by atoms with Crippen LogP contribution < -0.4 is 0 Å². The Morgan fingerprint density at radius 2 is 2.14 bits per heavy atom. The van der Waals surface area contributed by atoms with E-state index in [1.807, 2.05) is 0 Å². The van der Waals surface area contributed by atoms with Crippen molar-refractivity contribution in [3.05, 3.63) is 9.81 Å². The van der Waals surface area contributed by atoms with E-state index >= 15 is 0 Å². The van der Waals surface area contributed by atoms with Gasteiger partial charge < -0.3 is 0 Å². The second-order valence-electron chi connectivity index (χ2n) is 0.394. The van der Waals surface area contributed by atoms with Crippen molar-refractivity contribution in [2.45, 2.75) is 0 Å². The number of nitrogens with zero attached hydrogens (tertiary/aromatic N) is 2. The second kappa shape index (κ2) is 5.80. The third-order valence-corrected chi connectivity index (χ3v) is 0.103. The van der Waals surface area contributed by atoms with Crippen LogP contribution >= 0.6 is 0 Å². The first-order chi connectivity index (χ1) is 2.77. The molecule has 0 spiro atoms. The van der Waals surface area contributed by atoms with Crippen LogP contribution in [-0.4, -0.2) is 39.9 Å². The van der Waals surface area contributed by atoms with E-state index in [0.717, 1.165) is 0 Å². The average Bonchev–Trinajstić information content (AvgIpc) is 1.35. The van der Waals surface area contributed by atoms with Crippen molar-refractivity contribution in [2.24, 2.45) is 5.34 Å². The van der Waals surface area contributed by atoms with Gasteiger partial charge in [0.05, 0.1) is 0 Å². The first-order valence-electron chi connectivity index (χ1n) is 0.930. The normalized spacial score (nSPS) is 5.71. The molecular formula is H2N2NaO4+. The van der Waals surface area contributed by atoms with Crippen molar-refractivity contribution in [2.75, 3.05) is 0 Å². The monoisotopic (exact) mass is 117 g/mol. The van der Waals surface area contributed by atoms with Crippen LogP contribution in [0.1, 0.15) is 0 Å². The molecule has 0 amide bonds. The summed E-state index contributed by atoms with van der Waals surface area (Å²) in [6, 6.07) is 0. The molecule has 0 fully saturated rings. The molecule has 0 aliphatic rings. The zero-order valence-corrected chi connectivity index (χ0v) is 2.57. The molecule has 0 unspecified atom stereocenters. The van der Waals surface area contributed by atoms with Crippen molar-refractivity contribution >= 4 is 29.6 Å². The maximum absolute atomic E-state index is 9.00. The van der Waals surface area contributed by atoms with Crippen LogP contribution in [0.4, 0.5) is 0 Å². The summed E-state index contributed by atoms with van der Waals surface area (Å²) in [5.74, 6) is 0. The van der Waals surface area contributed by atoms with Crippen LogP contribution in [-0.2, 0) is 4.94 Å². The van der Waals surface area contributed by atoms with E-state index in [9.17, 15) is 0 Å². The topological polar surface area (TPSA) is 79.0 Å². The van der Waals surface area contributed by atoms with Crippen LogP contribution in [0.3, 0.4) is 0 Å². The van der Waals surface area contributed by atoms with Gasteiger partial charge in [0.1, 0.15) is 0 Å². The van der Waals surface area contributed by atoms with E-state index in [1.54, 1.807) is 5.34 Å². The van der Waals surface area contributed by atoms with Gasteiger partial charge in [0.15, 0.2) is 0 Å². The van der Waals surface area contributed by atoms with Crippen LogP contribution in [0.2, 0.25) is 0 Å². The summed E-state index contributed by atoms with van der Waals surface area (Å²) in [6.07, 6.45) is 0. The molecule has 0 heterocycles. The molecule has 0 aromatic heterocycles. The van der Waals surface area contributed by atoms with Crippen LogP contribution in [0.5, 0.6) is 0 Å². The predicted octanol–water partition coefficient (Wildman–Crippen LogP) is -0.881. The van der Waals surface area contributed by atoms with E-state index in [1.165, 1.54) is 0 Å². The molecule has 0 saturated heterocycles. The molecule has 0 aromatic carbocycles. The van der Waals surface area contributed by atoms with E-state index in [2.05, 4.69) is 4.94 Å². The molecule has 1 N–H and O–H groups in total. The van der Waals surface area contributed by atoms with Gasteiger partial charge in [-0.3, -0.25) is 5.21 Å². The van der Waals surface area contributed by atoms with Gasteiger partial charge in [0.25, 0.3) is 0 Å². The van der Waals surface area contributed by atoms with Crippen LogP contribution in [0.15, 0.2) is 5.34 Å². The van der Waals surface area contributed by atoms with Crippen LogP contribution in [0.25, 0.3) is 0 Å². The van der Waals surface area contributed by atoms with E-state index < -0.39 is 5.09 Å². The summed E-state index contributed by atoms with van der Waals surface area (Å²) in [7, 11) is 0. The summed E-state index contributed by atoms with van der Waals surface area (Å²) >= 11 is 0. The molecule has 0 bridgehead atoms. The molecule has 0 aliphatic heterocycles. The van der Waals surface area contributed by atoms with E-state index in [-0.39, 0.29) is 29.6 Å². The molecule has 0 rings (SSSR count). The van der Waals surface area contributed by atoms with Gasteiger partial charge in [-0.05, 0) is 0 Å². The van der Waals surface area contributed by atoms with Gasteiger partial charge in [-0.25, -0.2) is 0 Å².